The zero-order valence-electron chi connectivity index (χ0n) is 16.6. The van der Waals surface area contributed by atoms with E-state index in [1.807, 2.05) is 6.07 Å². The molecular weight excluding hydrogens is 384 g/mol. The summed E-state index contributed by atoms with van der Waals surface area (Å²) in [5.41, 5.74) is 12.0. The normalized spacial score (nSPS) is 16.1. The van der Waals surface area contributed by atoms with Gasteiger partial charge in [0.2, 0.25) is 5.82 Å². The van der Waals surface area contributed by atoms with Crippen LogP contribution in [0.5, 0.6) is 0 Å². The van der Waals surface area contributed by atoms with Crippen LogP contribution in [0.3, 0.4) is 0 Å². The number of aromatic nitrogens is 3. The van der Waals surface area contributed by atoms with E-state index < -0.39 is 0 Å². The Labute approximate surface area is 176 Å². The summed E-state index contributed by atoms with van der Waals surface area (Å²) in [7, 11) is 0. The molecule has 1 unspecified atom stereocenters. The molecule has 0 bridgehead atoms. The molecule has 1 atom stereocenters. The largest absolute Gasteiger partial charge is 0.345 e. The zero-order chi connectivity index (χ0) is 19.3. The van der Waals surface area contributed by atoms with Crippen LogP contribution in [0.15, 0.2) is 53.2 Å². The summed E-state index contributed by atoms with van der Waals surface area (Å²) in [4.78, 5) is 4.71. The summed E-state index contributed by atoms with van der Waals surface area (Å²) < 4.78 is 7.89. The highest BCUT2D eigenvalue weighted by atomic mass is 35.5. The second-order valence-electron chi connectivity index (χ2n) is 7.89. The second kappa shape index (κ2) is 7.65. The Kier molecular flexibility index (Phi) is 5.19. The predicted octanol–water partition coefficient (Wildman–Crippen LogP) is 5.70. The average molecular weight is 409 g/mol. The Bertz CT molecular complexity index is 1160. The molecular formula is C23H25ClN4O. The highest BCUT2D eigenvalue weighted by Crippen LogP contribution is 2.35. The second-order valence-corrected chi connectivity index (χ2v) is 7.89. The fourth-order valence-corrected chi connectivity index (χ4v) is 4.29. The van der Waals surface area contributed by atoms with Gasteiger partial charge >= 0.3 is 0 Å². The van der Waals surface area contributed by atoms with Crippen molar-refractivity contribution in [1.82, 2.24) is 14.7 Å². The van der Waals surface area contributed by atoms with Crippen LogP contribution in [0.25, 0.3) is 33.7 Å². The van der Waals surface area contributed by atoms with Gasteiger partial charge in [0.25, 0.3) is 5.89 Å². The lowest BCUT2D eigenvalue weighted by atomic mass is 9.85. The van der Waals surface area contributed by atoms with Crippen LogP contribution in [0, 0.1) is 0 Å². The summed E-state index contributed by atoms with van der Waals surface area (Å²) in [6.07, 6.45) is 5.26. The van der Waals surface area contributed by atoms with Gasteiger partial charge in [-0.05, 0) is 68.5 Å². The number of hydrogen-bond donors (Lipinski definition) is 1. The van der Waals surface area contributed by atoms with Gasteiger partial charge in [-0.25, -0.2) is 0 Å². The lowest BCUT2D eigenvalue weighted by Gasteiger charge is -2.23. The summed E-state index contributed by atoms with van der Waals surface area (Å²) in [6, 6.07) is 15.2. The maximum atomic E-state index is 6.30. The molecule has 0 saturated carbocycles. The van der Waals surface area contributed by atoms with Crippen LogP contribution in [0.2, 0.25) is 0 Å². The van der Waals surface area contributed by atoms with Crippen molar-refractivity contribution in [2.75, 3.05) is 0 Å². The van der Waals surface area contributed by atoms with Gasteiger partial charge in [-0.15, -0.1) is 12.4 Å². The van der Waals surface area contributed by atoms with E-state index in [0.29, 0.717) is 17.8 Å². The van der Waals surface area contributed by atoms with Crippen molar-refractivity contribution in [1.29, 1.82) is 0 Å². The Morgan fingerprint density at radius 3 is 2.86 bits per heavy atom. The van der Waals surface area contributed by atoms with Crippen molar-refractivity contribution in [3.8, 4) is 22.8 Å². The third-order valence-corrected chi connectivity index (χ3v) is 5.74. The van der Waals surface area contributed by atoms with Crippen molar-refractivity contribution in [3.05, 3.63) is 59.8 Å². The van der Waals surface area contributed by atoms with E-state index in [2.05, 4.69) is 66.2 Å². The molecule has 0 aliphatic heterocycles. The Hall–Kier alpha value is -2.63. The summed E-state index contributed by atoms with van der Waals surface area (Å²) in [5.74, 6) is 1.19. The fourth-order valence-electron chi connectivity index (χ4n) is 4.29. The molecule has 150 valence electrons. The van der Waals surface area contributed by atoms with Crippen molar-refractivity contribution >= 4 is 23.3 Å². The van der Waals surface area contributed by atoms with Gasteiger partial charge in [-0.3, -0.25) is 0 Å². The lowest BCUT2D eigenvalue weighted by molar-refractivity contribution is 0.432. The van der Waals surface area contributed by atoms with Crippen molar-refractivity contribution < 1.29 is 4.52 Å². The molecule has 0 fully saturated rings. The first-order chi connectivity index (χ1) is 13.6. The highest BCUT2D eigenvalue weighted by Gasteiger charge is 2.22. The minimum atomic E-state index is 0. The number of benzene rings is 2. The summed E-state index contributed by atoms with van der Waals surface area (Å²) in [5, 5.41) is 5.45. The number of nitrogens with two attached hydrogens (primary N) is 1. The molecule has 2 N–H and O–H groups in total. The van der Waals surface area contributed by atoms with Crippen LogP contribution in [-0.4, -0.2) is 14.7 Å². The highest BCUT2D eigenvalue weighted by molar-refractivity contribution is 5.85. The molecule has 5 rings (SSSR count). The van der Waals surface area contributed by atoms with E-state index in [9.17, 15) is 0 Å². The summed E-state index contributed by atoms with van der Waals surface area (Å²) >= 11 is 0. The van der Waals surface area contributed by atoms with Gasteiger partial charge in [-0.2, -0.15) is 4.98 Å². The van der Waals surface area contributed by atoms with Crippen LogP contribution < -0.4 is 5.73 Å². The zero-order valence-corrected chi connectivity index (χ0v) is 17.4. The van der Waals surface area contributed by atoms with Crippen molar-refractivity contribution in [3.63, 3.8) is 0 Å². The average Bonchev–Trinajstić information content (AvgIpc) is 3.35. The molecule has 0 amide bonds. The first kappa shape index (κ1) is 19.7. The number of nitrogens with zero attached hydrogens (tertiary/aromatic N) is 3. The molecule has 29 heavy (non-hydrogen) atoms. The molecule has 0 spiro atoms. The molecule has 5 nitrogen and oxygen atoms in total. The Morgan fingerprint density at radius 1 is 1.17 bits per heavy atom. The van der Waals surface area contributed by atoms with Crippen LogP contribution >= 0.6 is 12.4 Å². The minimum Gasteiger partial charge on any atom is -0.345 e. The van der Waals surface area contributed by atoms with Crippen molar-refractivity contribution in [2.45, 2.75) is 45.2 Å². The number of rotatable bonds is 3. The van der Waals surface area contributed by atoms with Crippen LogP contribution in [-0.2, 0) is 6.42 Å². The standard InChI is InChI=1S/C23H24N4O.ClH/c1-14(2)27-12-11-15-13-16(9-10-21(15)27)23-25-22(26-28-23)19-7-3-6-18-17(19)5-4-8-20(18)24;/h3,6-7,9-14,20H,4-5,8,24H2,1-2H3;1H. The van der Waals surface area contributed by atoms with E-state index in [1.165, 1.54) is 22.0 Å². The van der Waals surface area contributed by atoms with Gasteiger partial charge in [-0.1, -0.05) is 23.4 Å². The van der Waals surface area contributed by atoms with Gasteiger partial charge < -0.3 is 14.8 Å². The number of hydrogen-bond acceptors (Lipinski definition) is 4. The molecule has 0 radical (unpaired) electrons. The van der Waals surface area contributed by atoms with Crippen molar-refractivity contribution in [2.24, 2.45) is 5.73 Å². The van der Waals surface area contributed by atoms with Gasteiger partial charge in [0.05, 0.1) is 0 Å². The van der Waals surface area contributed by atoms with E-state index in [-0.39, 0.29) is 18.4 Å². The monoisotopic (exact) mass is 408 g/mol. The molecule has 1 aliphatic rings. The van der Waals surface area contributed by atoms with E-state index >= 15 is 0 Å². The SMILES string of the molecule is CC(C)n1ccc2cc(-c3nc(-c4cccc5c4CCCC5N)no3)ccc21.Cl. The molecule has 4 aromatic rings. The Balaban J connectivity index is 0.00000205. The summed E-state index contributed by atoms with van der Waals surface area (Å²) in [6.45, 7) is 4.37. The maximum absolute atomic E-state index is 6.30. The third kappa shape index (κ3) is 3.34. The first-order valence-electron chi connectivity index (χ1n) is 9.94. The minimum absolute atomic E-state index is 0. The van der Waals surface area contributed by atoms with E-state index in [0.717, 1.165) is 30.4 Å². The molecule has 1 aliphatic carbocycles. The topological polar surface area (TPSA) is 69.9 Å². The quantitative estimate of drug-likeness (QED) is 0.472. The van der Waals surface area contributed by atoms with Gasteiger partial charge in [0.1, 0.15) is 0 Å². The third-order valence-electron chi connectivity index (χ3n) is 5.74. The van der Waals surface area contributed by atoms with E-state index in [4.69, 9.17) is 15.2 Å². The maximum Gasteiger partial charge on any atom is 0.258 e. The van der Waals surface area contributed by atoms with Gasteiger partial charge in [0.15, 0.2) is 0 Å². The smallest absolute Gasteiger partial charge is 0.258 e. The fraction of sp³-hybridized carbons (Fsp3) is 0.304. The number of halogens is 1. The Morgan fingerprint density at radius 2 is 2.03 bits per heavy atom. The molecule has 2 aromatic carbocycles. The molecule has 0 saturated heterocycles. The van der Waals surface area contributed by atoms with Crippen LogP contribution in [0.1, 0.15) is 49.9 Å². The lowest BCUT2D eigenvalue weighted by Crippen LogP contribution is -2.18. The molecule has 2 heterocycles. The van der Waals surface area contributed by atoms with E-state index in [1.54, 1.807) is 0 Å². The molecule has 2 aromatic heterocycles. The predicted molar refractivity (Wildman–Crippen MR) is 118 cm³/mol. The van der Waals surface area contributed by atoms with Crippen LogP contribution in [0.4, 0.5) is 0 Å². The number of fused-ring (bicyclic) bond motifs is 2. The first-order valence-corrected chi connectivity index (χ1v) is 9.94. The molecule has 6 heteroatoms. The van der Waals surface area contributed by atoms with Gasteiger partial charge in [0, 0.05) is 40.3 Å².